The van der Waals surface area contributed by atoms with E-state index < -0.39 is 0 Å². The van der Waals surface area contributed by atoms with E-state index in [0.29, 0.717) is 10.5 Å². The van der Waals surface area contributed by atoms with Crippen molar-refractivity contribution in [3.8, 4) is 0 Å². The summed E-state index contributed by atoms with van der Waals surface area (Å²) in [5.74, 6) is 0. The molecular weight excluding hydrogens is 176 g/mol. The second kappa shape index (κ2) is 4.63. The van der Waals surface area contributed by atoms with Crippen molar-refractivity contribution in [3.05, 3.63) is 0 Å². The highest BCUT2D eigenvalue weighted by Crippen LogP contribution is 2.32. The Morgan fingerprint density at radius 3 is 1.91 bits per heavy atom. The third kappa shape index (κ3) is 2.30. The summed E-state index contributed by atoms with van der Waals surface area (Å²) in [6, 6.07) is 0. The van der Waals surface area contributed by atoms with Gasteiger partial charge < -0.3 is 5.11 Å². The molecule has 1 N–H and O–H groups in total. The molecule has 1 unspecified atom stereocenters. The van der Waals surface area contributed by atoms with Gasteiger partial charge in [-0.05, 0) is 25.4 Å². The Balaban J connectivity index is 2.45. The van der Waals surface area contributed by atoms with Crippen molar-refractivity contribution >= 4 is 23.5 Å². The van der Waals surface area contributed by atoms with E-state index in [1.165, 1.54) is 19.3 Å². The largest absolute Gasteiger partial charge is 0.391 e. The van der Waals surface area contributed by atoms with E-state index in [-0.39, 0.29) is 6.10 Å². The lowest BCUT2D eigenvalue weighted by molar-refractivity contribution is 0.144. The van der Waals surface area contributed by atoms with Crippen LogP contribution in [0.3, 0.4) is 0 Å². The molecule has 0 aromatic heterocycles. The molecule has 0 amide bonds. The van der Waals surface area contributed by atoms with Crippen LogP contribution in [0.25, 0.3) is 0 Å². The summed E-state index contributed by atoms with van der Waals surface area (Å²) in [7, 11) is 0. The van der Waals surface area contributed by atoms with Crippen LogP contribution in [0.15, 0.2) is 0 Å². The molecule has 0 saturated heterocycles. The van der Waals surface area contributed by atoms with Gasteiger partial charge in [-0.2, -0.15) is 23.5 Å². The van der Waals surface area contributed by atoms with Crippen LogP contribution in [-0.4, -0.2) is 34.2 Å². The summed E-state index contributed by atoms with van der Waals surface area (Å²) in [4.78, 5) is 0. The van der Waals surface area contributed by atoms with Crippen molar-refractivity contribution in [2.24, 2.45) is 0 Å². The predicted molar refractivity (Wildman–Crippen MR) is 54.5 cm³/mol. The molecule has 0 radical (unpaired) electrons. The van der Waals surface area contributed by atoms with Crippen LogP contribution >= 0.6 is 23.5 Å². The van der Waals surface area contributed by atoms with Gasteiger partial charge in [0.1, 0.15) is 0 Å². The first-order valence-electron chi connectivity index (χ1n) is 4.03. The highest BCUT2D eigenvalue weighted by atomic mass is 32.2. The molecule has 0 bridgehead atoms. The number of thioether (sulfide) groups is 2. The van der Waals surface area contributed by atoms with Crippen molar-refractivity contribution in [1.82, 2.24) is 0 Å². The van der Waals surface area contributed by atoms with Crippen LogP contribution in [0.2, 0.25) is 0 Å². The lowest BCUT2D eigenvalue weighted by Gasteiger charge is -2.32. The molecule has 1 rings (SSSR count). The first-order chi connectivity index (χ1) is 5.29. The Morgan fingerprint density at radius 1 is 1.09 bits per heavy atom. The molecule has 1 nitrogen and oxygen atoms in total. The molecule has 0 aromatic rings. The highest BCUT2D eigenvalue weighted by molar-refractivity contribution is 8.00. The maximum Gasteiger partial charge on any atom is 0.0776 e. The van der Waals surface area contributed by atoms with E-state index in [0.717, 1.165) is 0 Å². The quantitative estimate of drug-likeness (QED) is 0.722. The molecule has 1 fully saturated rings. The maximum atomic E-state index is 9.79. The fraction of sp³-hybridized carbons (Fsp3) is 1.00. The summed E-state index contributed by atoms with van der Waals surface area (Å²) in [6.07, 6.45) is 7.79. The molecule has 1 aliphatic carbocycles. The van der Waals surface area contributed by atoms with Gasteiger partial charge in [0.25, 0.3) is 0 Å². The molecule has 0 aliphatic heterocycles. The van der Waals surface area contributed by atoms with Gasteiger partial charge in [0.2, 0.25) is 0 Å². The van der Waals surface area contributed by atoms with Crippen LogP contribution in [0.5, 0.6) is 0 Å². The third-order valence-electron chi connectivity index (χ3n) is 2.34. The van der Waals surface area contributed by atoms with Crippen molar-refractivity contribution in [2.45, 2.75) is 35.9 Å². The Morgan fingerprint density at radius 2 is 1.55 bits per heavy atom. The van der Waals surface area contributed by atoms with Crippen molar-refractivity contribution in [3.63, 3.8) is 0 Å². The first kappa shape index (κ1) is 9.75. The summed E-state index contributed by atoms with van der Waals surface area (Å²) >= 11 is 3.62. The molecule has 0 aromatic carbocycles. The monoisotopic (exact) mass is 192 g/mol. The lowest BCUT2D eigenvalue weighted by atomic mass is 9.97. The Hall–Kier alpha value is 0.660. The molecule has 0 heterocycles. The molecule has 11 heavy (non-hydrogen) atoms. The number of hydrogen-bond donors (Lipinski definition) is 1. The average Bonchev–Trinajstić information content (AvgIpc) is 2.05. The molecule has 0 spiro atoms. The van der Waals surface area contributed by atoms with Crippen LogP contribution in [0.1, 0.15) is 19.3 Å². The molecule has 3 heteroatoms. The number of rotatable bonds is 2. The first-order valence-corrected chi connectivity index (χ1v) is 6.61. The van der Waals surface area contributed by atoms with E-state index in [1.54, 1.807) is 0 Å². The normalized spacial score (nSPS) is 39.0. The lowest BCUT2D eigenvalue weighted by Crippen LogP contribution is -2.37. The minimum absolute atomic E-state index is 0.0752. The van der Waals surface area contributed by atoms with Crippen LogP contribution in [0, 0.1) is 0 Å². The number of aliphatic hydroxyl groups is 1. The second-order valence-corrected chi connectivity index (χ2v) is 5.12. The van der Waals surface area contributed by atoms with Crippen molar-refractivity contribution in [1.29, 1.82) is 0 Å². The van der Waals surface area contributed by atoms with E-state index >= 15 is 0 Å². The van der Waals surface area contributed by atoms with Gasteiger partial charge in [0.05, 0.1) is 6.10 Å². The fourth-order valence-electron chi connectivity index (χ4n) is 1.62. The zero-order valence-corrected chi connectivity index (χ0v) is 8.75. The van der Waals surface area contributed by atoms with Gasteiger partial charge >= 0.3 is 0 Å². The molecular formula is C8H16OS2. The van der Waals surface area contributed by atoms with Crippen LogP contribution in [-0.2, 0) is 0 Å². The van der Waals surface area contributed by atoms with Gasteiger partial charge in [-0.25, -0.2) is 0 Å². The van der Waals surface area contributed by atoms with Crippen molar-refractivity contribution < 1.29 is 5.11 Å². The molecule has 1 saturated carbocycles. The SMILES string of the molecule is CS[C@H]1CCC[C@@H](SC)C1O. The van der Waals surface area contributed by atoms with Crippen molar-refractivity contribution in [2.75, 3.05) is 12.5 Å². The van der Waals surface area contributed by atoms with E-state index in [1.807, 2.05) is 23.5 Å². The zero-order valence-electron chi connectivity index (χ0n) is 7.12. The van der Waals surface area contributed by atoms with Gasteiger partial charge in [0, 0.05) is 10.5 Å². The summed E-state index contributed by atoms with van der Waals surface area (Å²) in [6.45, 7) is 0. The second-order valence-electron chi connectivity index (χ2n) is 2.97. The molecule has 66 valence electrons. The Kier molecular flexibility index (Phi) is 4.10. The minimum atomic E-state index is -0.0752. The molecule has 3 atom stereocenters. The van der Waals surface area contributed by atoms with Gasteiger partial charge in [-0.3, -0.25) is 0 Å². The van der Waals surface area contributed by atoms with E-state index in [9.17, 15) is 5.11 Å². The summed E-state index contributed by atoms with van der Waals surface area (Å²) < 4.78 is 0. The van der Waals surface area contributed by atoms with E-state index in [4.69, 9.17) is 0 Å². The number of aliphatic hydroxyl groups excluding tert-OH is 1. The van der Waals surface area contributed by atoms with Gasteiger partial charge in [-0.1, -0.05) is 6.42 Å². The summed E-state index contributed by atoms with van der Waals surface area (Å²) in [5, 5.41) is 10.8. The zero-order chi connectivity index (χ0) is 8.27. The van der Waals surface area contributed by atoms with Crippen LogP contribution in [0.4, 0.5) is 0 Å². The smallest absolute Gasteiger partial charge is 0.0776 e. The van der Waals surface area contributed by atoms with Gasteiger partial charge in [0.15, 0.2) is 0 Å². The number of hydrogen-bond acceptors (Lipinski definition) is 3. The van der Waals surface area contributed by atoms with Crippen LogP contribution < -0.4 is 0 Å². The fourth-order valence-corrected chi connectivity index (χ4v) is 3.46. The average molecular weight is 192 g/mol. The highest BCUT2D eigenvalue weighted by Gasteiger charge is 2.30. The molecule has 1 aliphatic rings. The minimum Gasteiger partial charge on any atom is -0.391 e. The third-order valence-corrected chi connectivity index (χ3v) is 4.58. The Labute approximate surface area is 77.3 Å². The van der Waals surface area contributed by atoms with Gasteiger partial charge in [-0.15, -0.1) is 0 Å². The standard InChI is InChI=1S/C8H16OS2/c1-10-6-4-3-5-7(11-2)8(6)9/h6-9H,3-5H2,1-2H3/t6-,7+,8?. The maximum absolute atomic E-state index is 9.79. The van der Waals surface area contributed by atoms with E-state index in [2.05, 4.69) is 12.5 Å². The topological polar surface area (TPSA) is 20.2 Å². The summed E-state index contributed by atoms with van der Waals surface area (Å²) in [5.41, 5.74) is 0. The Bertz CT molecular complexity index is 107. The predicted octanol–water partition coefficient (Wildman–Crippen LogP) is 1.99.